The summed E-state index contributed by atoms with van der Waals surface area (Å²) < 4.78 is 0. The molecule has 1 aromatic carbocycles. The highest BCUT2D eigenvalue weighted by Crippen LogP contribution is 2.21. The van der Waals surface area contributed by atoms with Crippen LogP contribution in [0.4, 0.5) is 5.69 Å². The average molecular weight is 225 g/mol. The molecule has 17 heavy (non-hydrogen) atoms. The average Bonchev–Trinajstić information content (AvgIpc) is 2.89. The van der Waals surface area contributed by atoms with Gasteiger partial charge in [0.1, 0.15) is 0 Å². The van der Waals surface area contributed by atoms with E-state index < -0.39 is 0 Å². The zero-order valence-corrected chi connectivity index (χ0v) is 9.69. The standard InChI is InChI=1S/C14H15N3/c1-2-8-12(7-1)16-17-13-9-3-5-11-6-4-10-15-14(11)13/h3-6,9-10,17H,1-2,7-8H2. The minimum Gasteiger partial charge on any atom is -0.276 e. The van der Waals surface area contributed by atoms with Gasteiger partial charge in [0, 0.05) is 17.3 Å². The number of hydrazone groups is 1. The molecule has 0 atom stereocenters. The van der Waals surface area contributed by atoms with Crippen molar-refractivity contribution in [2.45, 2.75) is 25.7 Å². The normalized spacial score (nSPS) is 15.2. The SMILES string of the molecule is c1cnc2c(NN=C3CCCC3)cccc2c1. The van der Waals surface area contributed by atoms with Crippen molar-refractivity contribution in [3.63, 3.8) is 0 Å². The van der Waals surface area contributed by atoms with Gasteiger partial charge in [-0.05, 0) is 37.8 Å². The predicted molar refractivity (Wildman–Crippen MR) is 71.3 cm³/mol. The second kappa shape index (κ2) is 4.53. The molecule has 0 spiro atoms. The van der Waals surface area contributed by atoms with E-state index in [0.29, 0.717) is 0 Å². The molecule has 1 N–H and O–H groups in total. The maximum absolute atomic E-state index is 4.47. The Balaban J connectivity index is 1.92. The molecule has 3 rings (SSSR count). The summed E-state index contributed by atoms with van der Waals surface area (Å²) in [5, 5.41) is 5.61. The summed E-state index contributed by atoms with van der Waals surface area (Å²) in [6.45, 7) is 0. The first-order valence-corrected chi connectivity index (χ1v) is 6.09. The van der Waals surface area contributed by atoms with Gasteiger partial charge in [-0.3, -0.25) is 10.4 Å². The van der Waals surface area contributed by atoms with Crippen LogP contribution in [0.5, 0.6) is 0 Å². The van der Waals surface area contributed by atoms with Crippen molar-refractivity contribution in [1.82, 2.24) is 4.98 Å². The molecule has 0 aliphatic heterocycles. The van der Waals surface area contributed by atoms with Gasteiger partial charge in [0.05, 0.1) is 11.2 Å². The lowest BCUT2D eigenvalue weighted by Crippen LogP contribution is -1.97. The van der Waals surface area contributed by atoms with Gasteiger partial charge in [-0.2, -0.15) is 5.10 Å². The van der Waals surface area contributed by atoms with Gasteiger partial charge in [0.25, 0.3) is 0 Å². The molecular formula is C14H15N3. The highest BCUT2D eigenvalue weighted by Gasteiger charge is 2.08. The highest BCUT2D eigenvalue weighted by molar-refractivity contribution is 5.91. The molecule has 1 aliphatic carbocycles. The topological polar surface area (TPSA) is 37.3 Å². The summed E-state index contributed by atoms with van der Waals surface area (Å²) in [6.07, 6.45) is 6.62. The van der Waals surface area contributed by atoms with Crippen LogP contribution < -0.4 is 5.43 Å². The van der Waals surface area contributed by atoms with E-state index >= 15 is 0 Å². The van der Waals surface area contributed by atoms with Crippen molar-refractivity contribution >= 4 is 22.3 Å². The lowest BCUT2D eigenvalue weighted by atomic mass is 10.2. The van der Waals surface area contributed by atoms with Crippen molar-refractivity contribution in [3.8, 4) is 0 Å². The summed E-state index contributed by atoms with van der Waals surface area (Å²) in [5.74, 6) is 0. The van der Waals surface area contributed by atoms with Crippen LogP contribution in [0.2, 0.25) is 0 Å². The molecule has 3 heteroatoms. The summed E-state index contributed by atoms with van der Waals surface area (Å²) >= 11 is 0. The number of para-hydroxylation sites is 1. The first-order valence-electron chi connectivity index (χ1n) is 6.09. The number of anilines is 1. The van der Waals surface area contributed by atoms with Gasteiger partial charge >= 0.3 is 0 Å². The van der Waals surface area contributed by atoms with Crippen LogP contribution >= 0.6 is 0 Å². The molecule has 0 saturated heterocycles. The first-order chi connectivity index (χ1) is 8.43. The molecular weight excluding hydrogens is 210 g/mol. The van der Waals surface area contributed by atoms with E-state index in [9.17, 15) is 0 Å². The number of nitrogens with one attached hydrogen (secondary N) is 1. The van der Waals surface area contributed by atoms with Crippen LogP contribution in [0, 0.1) is 0 Å². The smallest absolute Gasteiger partial charge is 0.0951 e. The molecule has 2 aromatic rings. The van der Waals surface area contributed by atoms with Gasteiger partial charge in [-0.15, -0.1) is 0 Å². The van der Waals surface area contributed by atoms with E-state index in [4.69, 9.17) is 0 Å². The summed E-state index contributed by atoms with van der Waals surface area (Å²) in [6, 6.07) is 10.1. The maximum atomic E-state index is 4.47. The van der Waals surface area contributed by atoms with Crippen LogP contribution in [0.1, 0.15) is 25.7 Å². The Labute approximate surface area is 101 Å². The fourth-order valence-corrected chi connectivity index (χ4v) is 2.23. The van der Waals surface area contributed by atoms with Crippen LogP contribution in [0.3, 0.4) is 0 Å². The zero-order valence-electron chi connectivity index (χ0n) is 9.69. The Bertz CT molecular complexity index is 547. The summed E-state index contributed by atoms with van der Waals surface area (Å²) in [4.78, 5) is 4.39. The number of aromatic nitrogens is 1. The van der Waals surface area contributed by atoms with Gasteiger partial charge in [0.15, 0.2) is 0 Å². The summed E-state index contributed by atoms with van der Waals surface area (Å²) in [5.41, 5.74) is 6.40. The number of fused-ring (bicyclic) bond motifs is 1. The van der Waals surface area contributed by atoms with Crippen molar-refractivity contribution < 1.29 is 0 Å². The molecule has 0 unspecified atom stereocenters. The number of benzene rings is 1. The van der Waals surface area contributed by atoms with Crippen LogP contribution in [0.25, 0.3) is 10.9 Å². The first kappa shape index (κ1) is 10.3. The number of pyridine rings is 1. The molecule has 0 amide bonds. The largest absolute Gasteiger partial charge is 0.276 e. The van der Waals surface area contributed by atoms with E-state index in [1.54, 1.807) is 0 Å². The Kier molecular flexibility index (Phi) is 2.74. The Hall–Kier alpha value is -1.90. The number of hydrogen-bond donors (Lipinski definition) is 1. The third-order valence-electron chi connectivity index (χ3n) is 3.15. The van der Waals surface area contributed by atoms with E-state index in [1.807, 2.05) is 24.4 Å². The molecule has 86 valence electrons. The second-order valence-corrected chi connectivity index (χ2v) is 4.38. The molecule has 1 heterocycles. The molecule has 1 fully saturated rings. The fourth-order valence-electron chi connectivity index (χ4n) is 2.23. The Morgan fingerprint density at radius 2 is 1.88 bits per heavy atom. The number of rotatable bonds is 2. The molecule has 1 aromatic heterocycles. The van der Waals surface area contributed by atoms with Gasteiger partial charge < -0.3 is 0 Å². The highest BCUT2D eigenvalue weighted by atomic mass is 15.3. The quantitative estimate of drug-likeness (QED) is 0.793. The number of nitrogens with zero attached hydrogens (tertiary/aromatic N) is 2. The molecule has 1 saturated carbocycles. The van der Waals surface area contributed by atoms with Crippen molar-refractivity contribution in [1.29, 1.82) is 0 Å². The van der Waals surface area contributed by atoms with Crippen LogP contribution in [-0.4, -0.2) is 10.7 Å². The third-order valence-corrected chi connectivity index (χ3v) is 3.15. The minimum absolute atomic E-state index is 0.984. The molecule has 0 bridgehead atoms. The third kappa shape index (κ3) is 2.13. The van der Waals surface area contributed by atoms with Crippen molar-refractivity contribution in [2.24, 2.45) is 5.10 Å². The zero-order chi connectivity index (χ0) is 11.5. The lowest BCUT2D eigenvalue weighted by Gasteiger charge is -2.05. The number of hydrogen-bond acceptors (Lipinski definition) is 3. The fraction of sp³-hybridized carbons (Fsp3) is 0.286. The maximum Gasteiger partial charge on any atom is 0.0951 e. The van der Waals surface area contributed by atoms with Gasteiger partial charge in [0.2, 0.25) is 0 Å². The molecule has 3 nitrogen and oxygen atoms in total. The monoisotopic (exact) mass is 225 g/mol. The van der Waals surface area contributed by atoms with Gasteiger partial charge in [-0.1, -0.05) is 18.2 Å². The van der Waals surface area contributed by atoms with E-state index in [2.05, 4.69) is 27.6 Å². The molecule has 0 radical (unpaired) electrons. The van der Waals surface area contributed by atoms with Crippen molar-refractivity contribution in [2.75, 3.05) is 5.43 Å². The van der Waals surface area contributed by atoms with Crippen LogP contribution in [0.15, 0.2) is 41.6 Å². The Morgan fingerprint density at radius 3 is 2.76 bits per heavy atom. The van der Waals surface area contributed by atoms with Crippen LogP contribution in [-0.2, 0) is 0 Å². The van der Waals surface area contributed by atoms with Crippen molar-refractivity contribution in [3.05, 3.63) is 36.5 Å². The summed E-state index contributed by atoms with van der Waals surface area (Å²) in [7, 11) is 0. The van der Waals surface area contributed by atoms with Gasteiger partial charge in [-0.25, -0.2) is 0 Å². The predicted octanol–water partition coefficient (Wildman–Crippen LogP) is 3.58. The lowest BCUT2D eigenvalue weighted by molar-refractivity contribution is 0.886. The van der Waals surface area contributed by atoms with E-state index in [-0.39, 0.29) is 0 Å². The van der Waals surface area contributed by atoms with E-state index in [1.165, 1.54) is 18.6 Å². The Morgan fingerprint density at radius 1 is 1.06 bits per heavy atom. The minimum atomic E-state index is 0.984. The van der Waals surface area contributed by atoms with E-state index in [0.717, 1.165) is 29.4 Å². The molecule has 1 aliphatic rings. The second-order valence-electron chi connectivity index (χ2n) is 4.38.